The Hall–Kier alpha value is -3.04. The van der Waals surface area contributed by atoms with E-state index in [1.807, 2.05) is 24.3 Å². The molecule has 2 aromatic carbocycles. The van der Waals surface area contributed by atoms with Crippen molar-refractivity contribution in [2.24, 2.45) is 16.8 Å². The summed E-state index contributed by atoms with van der Waals surface area (Å²) < 4.78 is 38.6. The molecule has 0 aromatic heterocycles. The Labute approximate surface area is 200 Å². The molecule has 0 spiro atoms. The summed E-state index contributed by atoms with van der Waals surface area (Å²) in [5.41, 5.74) is 1.02. The lowest BCUT2D eigenvalue weighted by molar-refractivity contribution is -0.137. The number of anilines is 1. The molecule has 178 valence electrons. The standard InChI is InChI=1S/C24H23ClF3N5O/c1-15-10-31(11-16-2-6-18(25)7-3-16)12-20(15)22-29-21-13-32(14-33(21)23(34)30-22)19-8-4-17(5-9-19)24(26,27)28/h2-9,13,15,20H,10-12,14H2,1H3,(H,29,30,34). The molecule has 1 fully saturated rings. The Bertz CT molecular complexity index is 1150. The number of alkyl halides is 3. The van der Waals surface area contributed by atoms with E-state index in [4.69, 9.17) is 16.6 Å². The summed E-state index contributed by atoms with van der Waals surface area (Å²) in [6, 6.07) is 12.4. The lowest BCUT2D eigenvalue weighted by atomic mass is 9.96. The maximum absolute atomic E-state index is 12.9. The van der Waals surface area contributed by atoms with E-state index in [2.05, 4.69) is 17.1 Å². The lowest BCUT2D eigenvalue weighted by Crippen LogP contribution is -2.49. The Morgan fingerprint density at radius 2 is 1.79 bits per heavy atom. The van der Waals surface area contributed by atoms with Gasteiger partial charge in [-0.1, -0.05) is 30.7 Å². The number of nitrogens with zero attached hydrogens (tertiary/aromatic N) is 4. The van der Waals surface area contributed by atoms with E-state index in [0.717, 1.165) is 31.8 Å². The number of aliphatic imine (C=N–C) groups is 1. The van der Waals surface area contributed by atoms with Gasteiger partial charge in [-0.3, -0.25) is 15.1 Å². The van der Waals surface area contributed by atoms with Gasteiger partial charge in [0.1, 0.15) is 12.5 Å². The van der Waals surface area contributed by atoms with Gasteiger partial charge in [-0.05, 0) is 47.9 Å². The van der Waals surface area contributed by atoms with Crippen LogP contribution in [0.5, 0.6) is 0 Å². The highest BCUT2D eigenvalue weighted by atomic mass is 35.5. The third-order valence-corrected chi connectivity index (χ3v) is 6.69. The van der Waals surface area contributed by atoms with Crippen LogP contribution in [0.3, 0.4) is 0 Å². The fraction of sp³-hybridized carbons (Fsp3) is 0.333. The predicted molar refractivity (Wildman–Crippen MR) is 124 cm³/mol. The van der Waals surface area contributed by atoms with E-state index in [1.54, 1.807) is 11.1 Å². The largest absolute Gasteiger partial charge is 0.416 e. The van der Waals surface area contributed by atoms with E-state index >= 15 is 0 Å². The molecule has 34 heavy (non-hydrogen) atoms. The molecule has 2 unspecified atom stereocenters. The van der Waals surface area contributed by atoms with Crippen LogP contribution in [0, 0.1) is 11.8 Å². The summed E-state index contributed by atoms with van der Waals surface area (Å²) in [5.74, 6) is 1.49. The predicted octanol–water partition coefficient (Wildman–Crippen LogP) is 5.13. The fourth-order valence-electron chi connectivity index (χ4n) is 4.63. The number of hydrogen-bond acceptors (Lipinski definition) is 4. The smallest absolute Gasteiger partial charge is 0.326 e. The Morgan fingerprint density at radius 1 is 1.09 bits per heavy atom. The van der Waals surface area contributed by atoms with Gasteiger partial charge in [0.25, 0.3) is 0 Å². The van der Waals surface area contributed by atoms with Crippen LogP contribution in [-0.4, -0.2) is 41.4 Å². The van der Waals surface area contributed by atoms with Crippen molar-refractivity contribution >= 4 is 29.2 Å². The van der Waals surface area contributed by atoms with Crippen LogP contribution in [0.2, 0.25) is 5.02 Å². The van der Waals surface area contributed by atoms with Gasteiger partial charge < -0.3 is 4.90 Å². The molecule has 2 atom stereocenters. The van der Waals surface area contributed by atoms with E-state index in [9.17, 15) is 18.0 Å². The fourth-order valence-corrected chi connectivity index (χ4v) is 4.76. The monoisotopic (exact) mass is 489 g/mol. The Kier molecular flexibility index (Phi) is 5.77. The van der Waals surface area contributed by atoms with Crippen molar-refractivity contribution in [2.45, 2.75) is 19.6 Å². The quantitative estimate of drug-likeness (QED) is 0.648. The Morgan fingerprint density at radius 3 is 2.47 bits per heavy atom. The minimum Gasteiger partial charge on any atom is -0.326 e. The molecule has 1 N–H and O–H groups in total. The highest BCUT2D eigenvalue weighted by Gasteiger charge is 2.39. The number of likely N-dealkylation sites (tertiary alicyclic amines) is 1. The molecule has 5 rings (SSSR count). The number of halogens is 4. The van der Waals surface area contributed by atoms with Crippen LogP contribution >= 0.6 is 11.6 Å². The minimum absolute atomic E-state index is 0.0689. The second-order valence-electron chi connectivity index (χ2n) is 8.90. The first-order valence-electron chi connectivity index (χ1n) is 11.0. The summed E-state index contributed by atoms with van der Waals surface area (Å²) in [6.07, 6.45) is -2.69. The van der Waals surface area contributed by atoms with Crippen LogP contribution in [0.1, 0.15) is 18.1 Å². The third kappa shape index (κ3) is 4.50. The van der Waals surface area contributed by atoms with Crippen molar-refractivity contribution in [2.75, 3.05) is 24.7 Å². The number of rotatable bonds is 4. The van der Waals surface area contributed by atoms with Crippen molar-refractivity contribution in [3.8, 4) is 0 Å². The molecule has 3 heterocycles. The summed E-state index contributed by atoms with van der Waals surface area (Å²) in [5, 5.41) is 3.63. The van der Waals surface area contributed by atoms with Crippen LogP contribution in [-0.2, 0) is 12.7 Å². The van der Waals surface area contributed by atoms with Crippen molar-refractivity contribution in [1.29, 1.82) is 0 Å². The van der Waals surface area contributed by atoms with E-state index in [-0.39, 0.29) is 18.6 Å². The molecule has 6 nitrogen and oxygen atoms in total. The van der Waals surface area contributed by atoms with Crippen LogP contribution in [0.15, 0.2) is 65.5 Å². The summed E-state index contributed by atoms with van der Waals surface area (Å²) in [7, 11) is 0. The average Bonchev–Trinajstić information content (AvgIpc) is 3.38. The molecule has 0 saturated carbocycles. The zero-order valence-electron chi connectivity index (χ0n) is 18.4. The molecule has 1 saturated heterocycles. The maximum atomic E-state index is 12.9. The van der Waals surface area contributed by atoms with Crippen LogP contribution in [0.4, 0.5) is 23.7 Å². The maximum Gasteiger partial charge on any atom is 0.416 e. The van der Waals surface area contributed by atoms with Crippen molar-refractivity contribution in [1.82, 2.24) is 15.1 Å². The number of hydrogen-bond donors (Lipinski definition) is 1. The van der Waals surface area contributed by atoms with Crippen molar-refractivity contribution < 1.29 is 18.0 Å². The average molecular weight is 490 g/mol. The second-order valence-corrected chi connectivity index (χ2v) is 9.34. The van der Waals surface area contributed by atoms with Gasteiger partial charge in [0.15, 0.2) is 5.82 Å². The number of fused-ring (bicyclic) bond motifs is 1. The van der Waals surface area contributed by atoms with E-state index in [0.29, 0.717) is 28.3 Å². The molecule has 10 heteroatoms. The van der Waals surface area contributed by atoms with Crippen LogP contribution in [0.25, 0.3) is 0 Å². The number of carbonyl (C=O) groups excluding carboxylic acids is 1. The number of nitrogens with one attached hydrogen (secondary N) is 1. The number of urea groups is 1. The zero-order valence-corrected chi connectivity index (χ0v) is 19.1. The molecule has 0 aliphatic carbocycles. The molecule has 3 aliphatic rings. The Balaban J connectivity index is 1.31. The number of carbonyl (C=O) groups is 1. The number of amides is 2. The van der Waals surface area contributed by atoms with Gasteiger partial charge in [-0.25, -0.2) is 9.79 Å². The number of amidine groups is 1. The first-order valence-corrected chi connectivity index (χ1v) is 11.3. The molecule has 0 radical (unpaired) electrons. The first kappa shape index (κ1) is 22.7. The van der Waals surface area contributed by atoms with E-state index < -0.39 is 11.7 Å². The van der Waals surface area contributed by atoms with Gasteiger partial charge in [-0.15, -0.1) is 0 Å². The molecule has 2 amide bonds. The summed E-state index contributed by atoms with van der Waals surface area (Å²) in [4.78, 5) is 23.0. The molecule has 0 bridgehead atoms. The zero-order chi connectivity index (χ0) is 24.0. The second kappa shape index (κ2) is 8.63. The van der Waals surface area contributed by atoms with Gasteiger partial charge in [0, 0.05) is 42.5 Å². The number of benzene rings is 2. The molecule has 3 aliphatic heterocycles. The highest BCUT2D eigenvalue weighted by molar-refractivity contribution is 6.30. The van der Waals surface area contributed by atoms with Gasteiger partial charge in [-0.2, -0.15) is 13.2 Å². The SMILES string of the molecule is CC1CN(Cc2ccc(Cl)cc2)CC1C1=NC2=CN(c3ccc(C(F)(F)F)cc3)CN2C(=O)N1. The first-order chi connectivity index (χ1) is 16.2. The van der Waals surface area contributed by atoms with Gasteiger partial charge in [0.05, 0.1) is 5.56 Å². The van der Waals surface area contributed by atoms with Gasteiger partial charge in [0.2, 0.25) is 0 Å². The third-order valence-electron chi connectivity index (χ3n) is 6.44. The molecular formula is C24H23ClF3N5O. The van der Waals surface area contributed by atoms with Gasteiger partial charge >= 0.3 is 12.2 Å². The minimum atomic E-state index is -4.39. The lowest BCUT2D eigenvalue weighted by Gasteiger charge is -2.28. The molecular weight excluding hydrogens is 467 g/mol. The highest BCUT2D eigenvalue weighted by Crippen LogP contribution is 2.33. The molecule has 2 aromatic rings. The normalized spacial score (nSPS) is 23.0. The van der Waals surface area contributed by atoms with Crippen molar-refractivity contribution in [3.05, 3.63) is 76.7 Å². The summed E-state index contributed by atoms with van der Waals surface area (Å²) >= 11 is 5.98. The van der Waals surface area contributed by atoms with Crippen molar-refractivity contribution in [3.63, 3.8) is 0 Å². The topological polar surface area (TPSA) is 51.2 Å². The van der Waals surface area contributed by atoms with E-state index in [1.165, 1.54) is 22.6 Å². The summed E-state index contributed by atoms with van der Waals surface area (Å²) in [6.45, 7) is 4.76. The van der Waals surface area contributed by atoms with Crippen LogP contribution < -0.4 is 10.2 Å².